The van der Waals surface area contributed by atoms with Crippen molar-refractivity contribution in [3.8, 4) is 5.75 Å². The lowest BCUT2D eigenvalue weighted by atomic mass is 9.96. The summed E-state index contributed by atoms with van der Waals surface area (Å²) in [4.78, 5) is 0. The predicted molar refractivity (Wildman–Crippen MR) is 84.3 cm³/mol. The van der Waals surface area contributed by atoms with Gasteiger partial charge in [0.1, 0.15) is 11.6 Å². The summed E-state index contributed by atoms with van der Waals surface area (Å²) in [6.07, 6.45) is 0.755. The summed E-state index contributed by atoms with van der Waals surface area (Å²) >= 11 is 0. The van der Waals surface area contributed by atoms with Crippen LogP contribution in [0.4, 0.5) is 4.39 Å². The molecule has 1 unspecified atom stereocenters. The Balaban J connectivity index is 2.28. The lowest BCUT2D eigenvalue weighted by Crippen LogP contribution is -2.23. The van der Waals surface area contributed by atoms with Gasteiger partial charge in [-0.05, 0) is 60.8 Å². The summed E-state index contributed by atoms with van der Waals surface area (Å²) in [7, 11) is 1.66. The van der Waals surface area contributed by atoms with Gasteiger partial charge in [-0.25, -0.2) is 4.39 Å². The molecule has 0 fully saturated rings. The predicted octanol–water partition coefficient (Wildman–Crippen LogP) is 4.04. The second kappa shape index (κ2) is 7.23. The van der Waals surface area contributed by atoms with Gasteiger partial charge in [0.2, 0.25) is 0 Å². The zero-order valence-corrected chi connectivity index (χ0v) is 12.8. The van der Waals surface area contributed by atoms with Crippen molar-refractivity contribution in [1.82, 2.24) is 5.32 Å². The molecule has 0 aliphatic heterocycles. The molecule has 2 rings (SSSR count). The highest BCUT2D eigenvalue weighted by molar-refractivity contribution is 5.33. The van der Waals surface area contributed by atoms with Crippen LogP contribution < -0.4 is 10.1 Å². The van der Waals surface area contributed by atoms with Crippen LogP contribution in [0.25, 0.3) is 0 Å². The molecule has 0 aliphatic rings. The van der Waals surface area contributed by atoms with Gasteiger partial charge in [-0.15, -0.1) is 0 Å². The fourth-order valence-electron chi connectivity index (χ4n) is 2.49. The summed E-state index contributed by atoms with van der Waals surface area (Å²) in [6, 6.07) is 13.1. The van der Waals surface area contributed by atoms with Crippen molar-refractivity contribution in [2.45, 2.75) is 26.3 Å². The van der Waals surface area contributed by atoms with Crippen LogP contribution in [0.15, 0.2) is 42.5 Å². The Labute approximate surface area is 126 Å². The third-order valence-electron chi connectivity index (χ3n) is 3.68. The highest BCUT2D eigenvalue weighted by atomic mass is 19.1. The standard InChI is InChI=1S/C18H22FNO/c1-4-20-18(14-6-5-7-17(11-14)21-3)12-15-10-16(19)9-8-13(15)2/h5-11,18,20H,4,12H2,1-3H3. The molecular weight excluding hydrogens is 265 g/mol. The molecule has 112 valence electrons. The number of aryl methyl sites for hydroxylation is 1. The number of ether oxygens (including phenoxy) is 1. The first kappa shape index (κ1) is 15.5. The molecule has 0 aliphatic carbocycles. The third kappa shape index (κ3) is 4.05. The Kier molecular flexibility index (Phi) is 5.34. The van der Waals surface area contributed by atoms with Gasteiger partial charge >= 0.3 is 0 Å². The molecule has 2 aromatic carbocycles. The number of hydrogen-bond donors (Lipinski definition) is 1. The number of methoxy groups -OCH3 is 1. The van der Waals surface area contributed by atoms with Gasteiger partial charge in [0.25, 0.3) is 0 Å². The fraction of sp³-hybridized carbons (Fsp3) is 0.333. The van der Waals surface area contributed by atoms with Crippen LogP contribution in [0, 0.1) is 12.7 Å². The number of rotatable bonds is 6. The number of nitrogens with one attached hydrogen (secondary N) is 1. The molecule has 0 amide bonds. The van der Waals surface area contributed by atoms with E-state index in [1.165, 1.54) is 6.07 Å². The Morgan fingerprint density at radius 1 is 1.19 bits per heavy atom. The van der Waals surface area contributed by atoms with E-state index in [1.54, 1.807) is 13.2 Å². The molecule has 2 nitrogen and oxygen atoms in total. The second-order valence-electron chi connectivity index (χ2n) is 5.16. The van der Waals surface area contributed by atoms with Crippen molar-refractivity contribution in [2.75, 3.05) is 13.7 Å². The minimum atomic E-state index is -0.184. The van der Waals surface area contributed by atoms with Gasteiger partial charge < -0.3 is 10.1 Å². The zero-order valence-electron chi connectivity index (χ0n) is 12.8. The van der Waals surface area contributed by atoms with Gasteiger partial charge in [-0.2, -0.15) is 0 Å². The summed E-state index contributed by atoms with van der Waals surface area (Å²) in [6.45, 7) is 4.95. The Morgan fingerprint density at radius 2 is 2.00 bits per heavy atom. The quantitative estimate of drug-likeness (QED) is 0.866. The van der Waals surface area contributed by atoms with E-state index in [-0.39, 0.29) is 11.9 Å². The molecule has 0 radical (unpaired) electrons. The van der Waals surface area contributed by atoms with E-state index in [2.05, 4.69) is 18.3 Å². The SMILES string of the molecule is CCNC(Cc1cc(F)ccc1C)c1cccc(OC)c1. The lowest BCUT2D eigenvalue weighted by Gasteiger charge is -2.20. The van der Waals surface area contributed by atoms with Crippen molar-refractivity contribution in [3.05, 3.63) is 65.0 Å². The van der Waals surface area contributed by atoms with E-state index < -0.39 is 0 Å². The number of halogens is 1. The van der Waals surface area contributed by atoms with Crippen molar-refractivity contribution in [1.29, 1.82) is 0 Å². The monoisotopic (exact) mass is 287 g/mol. The Bertz CT molecular complexity index is 598. The van der Waals surface area contributed by atoms with Crippen LogP contribution in [0.2, 0.25) is 0 Å². The maximum atomic E-state index is 13.5. The van der Waals surface area contributed by atoms with Crippen molar-refractivity contribution < 1.29 is 9.13 Å². The van der Waals surface area contributed by atoms with Crippen LogP contribution in [0.5, 0.6) is 5.75 Å². The summed E-state index contributed by atoms with van der Waals surface area (Å²) < 4.78 is 18.8. The van der Waals surface area contributed by atoms with Crippen LogP contribution in [0.1, 0.15) is 29.7 Å². The number of likely N-dealkylation sites (N-methyl/N-ethyl adjacent to an activating group) is 1. The first-order chi connectivity index (χ1) is 10.1. The first-order valence-corrected chi connectivity index (χ1v) is 7.26. The van der Waals surface area contributed by atoms with E-state index >= 15 is 0 Å². The average molecular weight is 287 g/mol. The molecule has 0 saturated heterocycles. The Hall–Kier alpha value is -1.87. The second-order valence-corrected chi connectivity index (χ2v) is 5.16. The van der Waals surface area contributed by atoms with Gasteiger partial charge in [0, 0.05) is 6.04 Å². The molecule has 0 aromatic heterocycles. The molecule has 21 heavy (non-hydrogen) atoms. The maximum absolute atomic E-state index is 13.5. The first-order valence-electron chi connectivity index (χ1n) is 7.26. The van der Waals surface area contributed by atoms with Crippen molar-refractivity contribution in [2.24, 2.45) is 0 Å². The van der Waals surface area contributed by atoms with Crippen LogP contribution in [-0.4, -0.2) is 13.7 Å². The third-order valence-corrected chi connectivity index (χ3v) is 3.68. The molecule has 2 aromatic rings. The van der Waals surface area contributed by atoms with E-state index in [0.717, 1.165) is 35.4 Å². The summed E-state index contributed by atoms with van der Waals surface area (Å²) in [5.74, 6) is 0.655. The van der Waals surface area contributed by atoms with Gasteiger partial charge in [-0.3, -0.25) is 0 Å². The van der Waals surface area contributed by atoms with Crippen molar-refractivity contribution >= 4 is 0 Å². The van der Waals surface area contributed by atoms with Crippen LogP contribution >= 0.6 is 0 Å². The molecular formula is C18H22FNO. The number of benzene rings is 2. The minimum absolute atomic E-state index is 0.144. The van der Waals surface area contributed by atoms with E-state index in [4.69, 9.17) is 4.74 Å². The van der Waals surface area contributed by atoms with Gasteiger partial charge in [0.15, 0.2) is 0 Å². The topological polar surface area (TPSA) is 21.3 Å². The number of hydrogen-bond acceptors (Lipinski definition) is 2. The smallest absolute Gasteiger partial charge is 0.123 e. The highest BCUT2D eigenvalue weighted by Gasteiger charge is 2.13. The molecule has 0 spiro atoms. The molecule has 3 heteroatoms. The fourth-order valence-corrected chi connectivity index (χ4v) is 2.49. The molecule has 0 saturated carbocycles. The summed E-state index contributed by atoms with van der Waals surface area (Å²) in [5, 5.41) is 3.47. The van der Waals surface area contributed by atoms with E-state index in [9.17, 15) is 4.39 Å². The van der Waals surface area contributed by atoms with Crippen LogP contribution in [-0.2, 0) is 6.42 Å². The van der Waals surface area contributed by atoms with Gasteiger partial charge in [-0.1, -0.05) is 25.1 Å². The van der Waals surface area contributed by atoms with E-state index in [0.29, 0.717) is 0 Å². The van der Waals surface area contributed by atoms with Gasteiger partial charge in [0.05, 0.1) is 7.11 Å². The Morgan fingerprint density at radius 3 is 2.71 bits per heavy atom. The normalized spacial score (nSPS) is 12.2. The molecule has 0 bridgehead atoms. The van der Waals surface area contributed by atoms with Crippen LogP contribution in [0.3, 0.4) is 0 Å². The molecule has 1 atom stereocenters. The molecule has 0 heterocycles. The maximum Gasteiger partial charge on any atom is 0.123 e. The zero-order chi connectivity index (χ0) is 15.2. The lowest BCUT2D eigenvalue weighted by molar-refractivity contribution is 0.413. The average Bonchev–Trinajstić information content (AvgIpc) is 2.50. The van der Waals surface area contributed by atoms with E-state index in [1.807, 2.05) is 31.2 Å². The summed E-state index contributed by atoms with van der Waals surface area (Å²) in [5.41, 5.74) is 3.30. The highest BCUT2D eigenvalue weighted by Crippen LogP contribution is 2.24. The molecule has 1 N–H and O–H groups in total. The van der Waals surface area contributed by atoms with Crippen molar-refractivity contribution in [3.63, 3.8) is 0 Å². The largest absolute Gasteiger partial charge is 0.497 e. The minimum Gasteiger partial charge on any atom is -0.497 e.